The van der Waals surface area contributed by atoms with Gasteiger partial charge in [-0.25, -0.2) is 13.4 Å². The van der Waals surface area contributed by atoms with Gasteiger partial charge < -0.3 is 106 Å². The van der Waals surface area contributed by atoms with E-state index in [2.05, 4.69) is 84.4 Å². The van der Waals surface area contributed by atoms with Gasteiger partial charge in [0.05, 0.1) is 55.0 Å². The number of nitrogens with zero attached hydrogens (tertiary/aromatic N) is 1. The first-order valence-electron chi connectivity index (χ1n) is 39.8. The number of phenols is 1. The highest BCUT2D eigenvalue weighted by atomic mass is 32.2. The zero-order valence-corrected chi connectivity index (χ0v) is 70.1. The quantitative estimate of drug-likeness (QED) is 0.0154. The van der Waals surface area contributed by atoms with Gasteiger partial charge in [-0.1, -0.05) is 133 Å². The zero-order chi connectivity index (χ0) is 89.5. The third kappa shape index (κ3) is 36.8. The Morgan fingerprint density at radius 1 is 0.554 bits per heavy atom. The second-order valence-corrected chi connectivity index (χ2v) is 33.1. The number of benzene rings is 3. The molecule has 1 saturated heterocycles. The minimum atomic E-state index is -3.94. The van der Waals surface area contributed by atoms with Crippen molar-refractivity contribution in [3.8, 4) is 16.9 Å². The fourth-order valence-electron chi connectivity index (χ4n) is 12.6. The first-order valence-corrected chi connectivity index (χ1v) is 43.0. The Hall–Kier alpha value is -11.8. The Morgan fingerprint density at radius 3 is 1.50 bits per heavy atom. The molecule has 1 unspecified atom stereocenters. The average Bonchev–Trinajstić information content (AvgIpc) is 1.05. The number of H-pyrrole nitrogens is 1. The van der Waals surface area contributed by atoms with Crippen LogP contribution in [0.1, 0.15) is 141 Å². The summed E-state index contributed by atoms with van der Waals surface area (Å²) in [6, 6.07) is 1.74. The monoisotopic (exact) mass is 1730 g/mol. The lowest BCUT2D eigenvalue weighted by atomic mass is 9.99. The predicted octanol–water partition coefficient (Wildman–Crippen LogP) is -2.36. The number of unbranched alkanes of at least 4 members (excludes halogenated alkanes) is 5. The average molecular weight is 1730 g/mol. The van der Waals surface area contributed by atoms with Crippen molar-refractivity contribution in [1.29, 1.82) is 5.41 Å². The van der Waals surface area contributed by atoms with E-state index in [4.69, 9.17) is 16.9 Å². The lowest BCUT2D eigenvalue weighted by Crippen LogP contribution is -2.61. The minimum Gasteiger partial charge on any atom is -0.508 e. The number of aliphatic hydroxyl groups is 1. The SMILES string of the molecule is CCCCC[C@@H]1NC(=O)[C@H](CCCCNC(=N)N)NC(=O)[C@H](C)NC(=O)CSC[C@@H](C(N)=O)NC(O)[C@H](CC(=O)O)NC(=O)[C@H](CCCCC)NC(=O)[C@H](Cc2ccc(-c3ccccc3)cc2)NC(=O)[C@H](CCS(C)(=O)=O)NC(=O)[C@H](C(C)C)NC(=O)CNC(=O)[C@H](CC(=O)O)NC(=O)[C@H](Cc2c[nH]cn2)NC(=O)[C@H](Cc2ccc(O)cc2)NC1=O. The van der Waals surface area contributed by atoms with Crippen molar-refractivity contribution in [3.63, 3.8) is 0 Å². The van der Waals surface area contributed by atoms with E-state index in [-0.39, 0.29) is 68.9 Å². The molecule has 0 spiro atoms. The number of carbonyl (C=O) groups is 15. The van der Waals surface area contributed by atoms with Gasteiger partial charge in [0, 0.05) is 44.0 Å². The Kier molecular flexibility index (Phi) is 42.0. The van der Waals surface area contributed by atoms with Gasteiger partial charge in [-0.2, -0.15) is 0 Å². The highest BCUT2D eigenvalue weighted by Gasteiger charge is 2.39. The summed E-state index contributed by atoms with van der Waals surface area (Å²) in [6.07, 6.45) is 0.546. The normalized spacial score (nSPS) is 23.5. The van der Waals surface area contributed by atoms with Gasteiger partial charge in [0.1, 0.15) is 82.2 Å². The summed E-state index contributed by atoms with van der Waals surface area (Å²) in [5, 5.41) is 85.0. The fraction of sp³-hybridized carbons (Fsp3) is 0.532. The maximum atomic E-state index is 15.0. The summed E-state index contributed by atoms with van der Waals surface area (Å²) < 4.78 is 25.7. The van der Waals surface area contributed by atoms with Gasteiger partial charge in [0.15, 0.2) is 5.96 Å². The number of aromatic nitrogens is 2. The van der Waals surface area contributed by atoms with E-state index in [1.807, 2.05) is 44.2 Å². The third-order valence-corrected chi connectivity index (χ3v) is 21.3. The highest BCUT2D eigenvalue weighted by Crippen LogP contribution is 2.22. The summed E-state index contributed by atoms with van der Waals surface area (Å²) in [5.74, 6) is -19.8. The molecule has 5 rings (SSSR count). The molecular weight excluding hydrogens is 1620 g/mol. The Labute approximate surface area is 705 Å². The first-order chi connectivity index (χ1) is 57.3. The number of hydrogen-bond donors (Lipinski definition) is 22. The van der Waals surface area contributed by atoms with Crippen LogP contribution in [0.5, 0.6) is 5.75 Å². The number of guanidine groups is 1. The van der Waals surface area contributed by atoms with E-state index < -0.39 is 233 Å². The zero-order valence-electron chi connectivity index (χ0n) is 68.4. The van der Waals surface area contributed by atoms with Gasteiger partial charge in [-0.05, 0) is 85.8 Å². The number of nitrogens with two attached hydrogens (primary N) is 2. The van der Waals surface area contributed by atoms with E-state index >= 15 is 4.79 Å². The second-order valence-electron chi connectivity index (χ2n) is 29.8. The smallest absolute Gasteiger partial charge is 0.305 e. The molecule has 0 aliphatic carbocycles. The van der Waals surface area contributed by atoms with Crippen molar-refractivity contribution in [1.82, 2.24) is 84.4 Å². The van der Waals surface area contributed by atoms with Crippen LogP contribution < -0.4 is 85.9 Å². The summed E-state index contributed by atoms with van der Waals surface area (Å²) in [7, 11) is -3.94. The Morgan fingerprint density at radius 2 is 1.02 bits per heavy atom. The molecule has 24 N–H and O–H groups in total. The molecule has 2 heterocycles. The maximum absolute atomic E-state index is 15.0. The van der Waals surface area contributed by atoms with Crippen LogP contribution in [0.15, 0.2) is 91.4 Å². The summed E-state index contributed by atoms with van der Waals surface area (Å²) in [4.78, 5) is 219. The van der Waals surface area contributed by atoms with Crippen LogP contribution in [0.3, 0.4) is 0 Å². The summed E-state index contributed by atoms with van der Waals surface area (Å²) >= 11 is 0.765. The van der Waals surface area contributed by atoms with Crippen LogP contribution in [0.2, 0.25) is 0 Å². The molecule has 0 bridgehead atoms. The number of phenolic OH excluding ortho intramolecular Hbond substituents is 1. The summed E-state index contributed by atoms with van der Waals surface area (Å²) in [6.45, 7) is 7.12. The van der Waals surface area contributed by atoms with Crippen molar-refractivity contribution in [2.24, 2.45) is 17.4 Å². The number of thioether (sulfide) groups is 1. The number of aliphatic hydroxyl groups excluding tert-OH is 1. The molecule has 664 valence electrons. The molecule has 0 saturated carbocycles. The van der Waals surface area contributed by atoms with Crippen LogP contribution in [0.4, 0.5) is 0 Å². The lowest BCUT2D eigenvalue weighted by molar-refractivity contribution is -0.141. The molecule has 13 atom stereocenters. The standard InChI is InChI=1S/C79H115N19O21S2/c1-7-9-12-20-53-71(110)92-57(35-47-25-29-51(99)30-26-47)75(114)94-58(36-50-39-83-43-86-50)76(115)95-59(37-64(102)103)69(108)85-40-62(100)98-66(44(3)4)78(117)91-55(31-33-121(6,118)119)73(112)93-56(34-46-23-27-49(28-24-46)48-18-14-11-15-19-48)74(113)90-54(21-13-10-8-2)72(111)96-60(38-65(104)105)77(116)97-61(67(80)106)41-120-42-63(101)87-45(5)68(107)88-52(70(109)89-53)22-16-17-32-84-79(81)82/h11,14-15,18-19,23-30,39,43-45,52-61,66,77,97,99,116H,7-10,12-13,16-17,20-22,31-38,40-42H2,1-6H3,(H2,80,106)(H,83,86)(H,85,108)(H,87,101)(H,88,107)(H,89,109)(H,90,113)(H,91,117)(H,92,110)(H,93,112)(H,94,114)(H,95,115)(H,96,111)(H,98,100)(H,102,103)(H,104,105)(H4,81,82,84)/t45-,52-,53-,54-,55-,56-,57-,58-,59-,60-,61-,66-,77?/m0/s1. The van der Waals surface area contributed by atoms with Crippen molar-refractivity contribution >= 4 is 116 Å². The molecule has 121 heavy (non-hydrogen) atoms. The van der Waals surface area contributed by atoms with Crippen LogP contribution in [0.25, 0.3) is 11.1 Å². The molecule has 1 aliphatic rings. The van der Waals surface area contributed by atoms with E-state index in [9.17, 15) is 96.0 Å². The number of primary amides is 1. The fourth-order valence-corrected chi connectivity index (χ4v) is 14.1. The van der Waals surface area contributed by atoms with Crippen LogP contribution in [0, 0.1) is 11.3 Å². The van der Waals surface area contributed by atoms with E-state index in [0.717, 1.165) is 29.1 Å². The van der Waals surface area contributed by atoms with Crippen molar-refractivity contribution in [3.05, 3.63) is 108 Å². The third-order valence-electron chi connectivity index (χ3n) is 19.3. The van der Waals surface area contributed by atoms with Crippen molar-refractivity contribution in [2.45, 2.75) is 223 Å². The van der Waals surface area contributed by atoms with E-state index in [1.165, 1.54) is 57.6 Å². The number of rotatable bonds is 29. The molecule has 1 fully saturated rings. The first kappa shape index (κ1) is 99.8. The Bertz CT molecular complexity index is 4280. The number of carboxylic acids is 2. The number of nitrogens with one attached hydrogen (secondary N) is 16. The highest BCUT2D eigenvalue weighted by molar-refractivity contribution is 8.00. The maximum Gasteiger partial charge on any atom is 0.305 e. The molecule has 1 aromatic heterocycles. The molecule has 0 radical (unpaired) electrons. The molecule has 40 nitrogen and oxygen atoms in total. The van der Waals surface area contributed by atoms with Crippen molar-refractivity contribution < 1.29 is 101 Å². The van der Waals surface area contributed by atoms with Gasteiger partial charge in [0.25, 0.3) is 0 Å². The van der Waals surface area contributed by atoms with Crippen LogP contribution >= 0.6 is 11.8 Å². The molecule has 42 heteroatoms. The second kappa shape index (κ2) is 51.0. The molecule has 1 aliphatic heterocycles. The number of aromatic amines is 1. The summed E-state index contributed by atoms with van der Waals surface area (Å²) in [5.41, 5.74) is 13.7. The van der Waals surface area contributed by atoms with Crippen LogP contribution in [-0.2, 0) is 101 Å². The van der Waals surface area contributed by atoms with Gasteiger partial charge in [-0.15, -0.1) is 11.8 Å². The van der Waals surface area contributed by atoms with Gasteiger partial charge in [-0.3, -0.25) is 82.6 Å². The number of hydrogen-bond acceptors (Lipinski definition) is 23. The lowest BCUT2D eigenvalue weighted by Gasteiger charge is -2.30. The van der Waals surface area contributed by atoms with Gasteiger partial charge >= 0.3 is 11.9 Å². The number of sulfone groups is 1. The molecule has 13 amide bonds. The molecule has 4 aromatic rings. The number of carbonyl (C=O) groups excluding carboxylic acids is 13. The molecule has 3 aromatic carbocycles. The molecular formula is C79H115N19O21S2. The van der Waals surface area contributed by atoms with Crippen molar-refractivity contribution in [2.75, 3.05) is 36.6 Å². The van der Waals surface area contributed by atoms with E-state index in [1.54, 1.807) is 24.3 Å². The largest absolute Gasteiger partial charge is 0.508 e. The van der Waals surface area contributed by atoms with Crippen LogP contribution in [-0.4, -0.2) is 249 Å². The number of aromatic hydroxyl groups is 1. The number of amides is 13. The topological polar surface area (TPSA) is 644 Å². The minimum absolute atomic E-state index is 0.0482. The number of imidazole rings is 1. The van der Waals surface area contributed by atoms with Gasteiger partial charge in [0.2, 0.25) is 76.8 Å². The Balaban J connectivity index is 1.60. The number of aliphatic carboxylic acids is 2. The van der Waals surface area contributed by atoms with E-state index in [0.29, 0.717) is 49.7 Å². The predicted molar refractivity (Wildman–Crippen MR) is 445 cm³/mol. The number of carboxylic acid groups (broad SMARTS) is 2.